The van der Waals surface area contributed by atoms with E-state index < -0.39 is 22.2 Å². The summed E-state index contributed by atoms with van der Waals surface area (Å²) < 4.78 is 41.4. The van der Waals surface area contributed by atoms with Crippen LogP contribution in [0, 0.1) is 6.92 Å². The summed E-state index contributed by atoms with van der Waals surface area (Å²) in [6, 6.07) is 16.9. The molecule has 1 unspecified atom stereocenters. The van der Waals surface area contributed by atoms with Gasteiger partial charge in [-0.2, -0.15) is 8.42 Å². The van der Waals surface area contributed by atoms with Gasteiger partial charge in [0, 0.05) is 10.8 Å². The van der Waals surface area contributed by atoms with Crippen molar-refractivity contribution in [3.8, 4) is 11.5 Å². The maximum absolute atomic E-state index is 12.8. The van der Waals surface area contributed by atoms with E-state index in [0.29, 0.717) is 23.3 Å². The molecule has 7 heteroatoms. The summed E-state index contributed by atoms with van der Waals surface area (Å²) in [5.74, 6) is 0.199. The first-order valence-electron chi connectivity index (χ1n) is 9.63. The molecule has 30 heavy (non-hydrogen) atoms. The van der Waals surface area contributed by atoms with Gasteiger partial charge in [-0.3, -0.25) is 4.18 Å². The number of ether oxygens (including phenoxy) is 2. The molecule has 3 aromatic rings. The van der Waals surface area contributed by atoms with Gasteiger partial charge in [0.15, 0.2) is 6.10 Å². The van der Waals surface area contributed by atoms with Crippen LogP contribution in [0.15, 0.2) is 65.6 Å². The highest BCUT2D eigenvalue weighted by Gasteiger charge is 2.29. The van der Waals surface area contributed by atoms with Gasteiger partial charge in [-0.15, -0.1) is 0 Å². The van der Waals surface area contributed by atoms with Crippen LogP contribution in [-0.4, -0.2) is 27.6 Å². The molecule has 158 valence electrons. The molecule has 0 bridgehead atoms. The highest BCUT2D eigenvalue weighted by Crippen LogP contribution is 2.33. The van der Waals surface area contributed by atoms with Gasteiger partial charge in [0.2, 0.25) is 0 Å². The fraction of sp³-hybridized carbons (Fsp3) is 0.261. The Morgan fingerprint density at radius 3 is 2.13 bits per heavy atom. The fourth-order valence-corrected chi connectivity index (χ4v) is 4.13. The van der Waals surface area contributed by atoms with Crippen molar-refractivity contribution < 1.29 is 26.9 Å². The van der Waals surface area contributed by atoms with Gasteiger partial charge in [0.05, 0.1) is 12.0 Å². The molecule has 1 atom stereocenters. The zero-order chi connectivity index (χ0) is 21.7. The van der Waals surface area contributed by atoms with E-state index in [-0.39, 0.29) is 11.3 Å². The van der Waals surface area contributed by atoms with Crippen molar-refractivity contribution in [3.63, 3.8) is 0 Å². The van der Waals surface area contributed by atoms with Crippen LogP contribution in [0.25, 0.3) is 10.8 Å². The van der Waals surface area contributed by atoms with Crippen LogP contribution in [0.3, 0.4) is 0 Å². The van der Waals surface area contributed by atoms with E-state index in [1.165, 1.54) is 12.1 Å². The van der Waals surface area contributed by atoms with Gasteiger partial charge in [-0.1, -0.05) is 55.3 Å². The molecule has 0 radical (unpaired) electrons. The van der Waals surface area contributed by atoms with Gasteiger partial charge < -0.3 is 9.47 Å². The Bertz CT molecular complexity index is 1140. The van der Waals surface area contributed by atoms with E-state index in [4.69, 9.17) is 13.7 Å². The second-order valence-electron chi connectivity index (χ2n) is 6.87. The number of benzene rings is 3. The average Bonchev–Trinajstić information content (AvgIpc) is 2.74. The predicted molar refractivity (Wildman–Crippen MR) is 114 cm³/mol. The minimum atomic E-state index is -4.11. The summed E-state index contributed by atoms with van der Waals surface area (Å²) in [4.78, 5) is 12.8. The van der Waals surface area contributed by atoms with Gasteiger partial charge in [0.25, 0.3) is 10.1 Å². The number of carbonyl (C=O) groups is 1. The van der Waals surface area contributed by atoms with Gasteiger partial charge in [0.1, 0.15) is 11.5 Å². The number of aryl methyl sites for hydroxylation is 1. The second kappa shape index (κ2) is 9.28. The highest BCUT2D eigenvalue weighted by atomic mass is 32.2. The molecular weight excluding hydrogens is 404 g/mol. The molecule has 6 nitrogen and oxygen atoms in total. The van der Waals surface area contributed by atoms with Crippen molar-refractivity contribution in [2.24, 2.45) is 0 Å². The molecule has 0 aliphatic carbocycles. The van der Waals surface area contributed by atoms with E-state index in [1.54, 1.807) is 37.4 Å². The summed E-state index contributed by atoms with van der Waals surface area (Å²) in [5, 5.41) is 1.47. The predicted octanol–water partition coefficient (Wildman–Crippen LogP) is 4.64. The van der Waals surface area contributed by atoms with Crippen LogP contribution in [0.5, 0.6) is 11.5 Å². The Morgan fingerprint density at radius 2 is 1.53 bits per heavy atom. The van der Waals surface area contributed by atoms with Gasteiger partial charge in [-0.05, 0) is 37.6 Å². The quantitative estimate of drug-likeness (QED) is 0.296. The van der Waals surface area contributed by atoms with E-state index >= 15 is 0 Å². The molecule has 0 amide bonds. The monoisotopic (exact) mass is 428 g/mol. The third-order valence-electron chi connectivity index (χ3n) is 4.64. The molecule has 3 aromatic carbocycles. The third-order valence-corrected chi connectivity index (χ3v) is 5.98. The zero-order valence-electron chi connectivity index (χ0n) is 17.1. The first-order valence-corrected chi connectivity index (χ1v) is 11.0. The van der Waals surface area contributed by atoms with Crippen molar-refractivity contribution in [3.05, 3.63) is 66.2 Å². The van der Waals surface area contributed by atoms with Crippen LogP contribution in [-0.2, 0) is 19.1 Å². The van der Waals surface area contributed by atoms with Crippen LogP contribution < -0.4 is 9.47 Å². The van der Waals surface area contributed by atoms with E-state index in [9.17, 15) is 13.2 Å². The van der Waals surface area contributed by atoms with E-state index in [1.807, 2.05) is 32.0 Å². The number of esters is 1. The lowest BCUT2D eigenvalue weighted by atomic mass is 10.1. The van der Waals surface area contributed by atoms with Crippen LogP contribution in [0.4, 0.5) is 0 Å². The van der Waals surface area contributed by atoms with E-state index in [0.717, 1.165) is 10.9 Å². The first kappa shape index (κ1) is 21.8. The van der Waals surface area contributed by atoms with E-state index in [2.05, 4.69) is 0 Å². The smallest absolute Gasteiger partial charge is 0.342 e. The Hall–Kier alpha value is -2.90. The lowest BCUT2D eigenvalue weighted by molar-refractivity contribution is -0.142. The molecule has 0 saturated carbocycles. The van der Waals surface area contributed by atoms with Gasteiger partial charge in [-0.25, -0.2) is 4.79 Å². The average molecular weight is 429 g/mol. The van der Waals surface area contributed by atoms with Gasteiger partial charge >= 0.3 is 5.97 Å². The number of carbonyl (C=O) groups excluding carboxylic acids is 1. The number of methoxy groups -OCH3 is 1. The highest BCUT2D eigenvalue weighted by molar-refractivity contribution is 7.86. The Morgan fingerprint density at radius 1 is 0.933 bits per heavy atom. The van der Waals surface area contributed by atoms with Crippen LogP contribution >= 0.6 is 0 Å². The largest absolute Gasteiger partial charge is 0.496 e. The summed E-state index contributed by atoms with van der Waals surface area (Å²) in [7, 11) is -2.55. The molecule has 3 rings (SSSR count). The summed E-state index contributed by atoms with van der Waals surface area (Å²) >= 11 is 0. The molecule has 0 heterocycles. The molecule has 0 saturated heterocycles. The summed E-state index contributed by atoms with van der Waals surface area (Å²) in [6.45, 7) is 3.69. The van der Waals surface area contributed by atoms with Crippen molar-refractivity contribution >= 4 is 26.9 Å². The normalized spacial score (nSPS) is 12.5. The molecule has 0 aliphatic rings. The van der Waals surface area contributed by atoms with Crippen LogP contribution in [0.1, 0.15) is 25.3 Å². The topological polar surface area (TPSA) is 78.9 Å². The molecule has 0 aliphatic heterocycles. The molecule has 0 fully saturated rings. The summed E-state index contributed by atoms with van der Waals surface area (Å²) in [6.07, 6.45) is -0.493. The lowest BCUT2D eigenvalue weighted by Crippen LogP contribution is -2.31. The Kier molecular flexibility index (Phi) is 6.74. The molecule has 0 N–H and O–H groups in total. The maximum Gasteiger partial charge on any atom is 0.342 e. The zero-order valence-corrected chi connectivity index (χ0v) is 17.9. The molecule has 0 aromatic heterocycles. The number of hydrogen-bond donors (Lipinski definition) is 0. The van der Waals surface area contributed by atoms with Crippen molar-refractivity contribution in [2.75, 3.05) is 7.11 Å². The maximum atomic E-state index is 12.8. The number of rotatable bonds is 8. The number of hydrogen-bond acceptors (Lipinski definition) is 6. The van der Waals surface area contributed by atoms with Crippen molar-refractivity contribution in [2.45, 2.75) is 37.7 Å². The number of fused-ring (bicyclic) bond motifs is 1. The Balaban J connectivity index is 1.86. The minimum absolute atomic E-state index is 0.00287. The second-order valence-corrected chi connectivity index (χ2v) is 8.45. The standard InChI is InChI=1S/C23H24O6S/c1-4-7-22(29-30(25,26)17-12-10-16(2)11-13-17)23(24)28-21-15-14-20(27-3)18-8-5-6-9-19(18)21/h5-6,8-15,22H,4,7H2,1-3H3. The molecule has 0 spiro atoms. The van der Waals surface area contributed by atoms with Crippen molar-refractivity contribution in [1.29, 1.82) is 0 Å². The summed E-state index contributed by atoms with van der Waals surface area (Å²) in [5.41, 5.74) is 0.921. The first-order chi connectivity index (χ1) is 14.4. The minimum Gasteiger partial charge on any atom is -0.496 e. The SMILES string of the molecule is CCCC(OS(=O)(=O)c1ccc(C)cc1)C(=O)Oc1ccc(OC)c2ccccc12. The Labute approximate surface area is 176 Å². The van der Waals surface area contributed by atoms with Crippen LogP contribution in [0.2, 0.25) is 0 Å². The third kappa shape index (κ3) is 4.80. The molecular formula is C23H24O6S. The lowest BCUT2D eigenvalue weighted by Gasteiger charge is -2.17. The fourth-order valence-electron chi connectivity index (χ4n) is 3.07. The van der Waals surface area contributed by atoms with Crippen molar-refractivity contribution in [1.82, 2.24) is 0 Å².